The van der Waals surface area contributed by atoms with Gasteiger partial charge in [-0.2, -0.15) is 0 Å². The van der Waals surface area contributed by atoms with Gasteiger partial charge in [0.15, 0.2) is 0 Å². The van der Waals surface area contributed by atoms with Crippen molar-refractivity contribution in [1.29, 1.82) is 0 Å². The highest BCUT2D eigenvalue weighted by Gasteiger charge is 2.24. The Labute approximate surface area is 116 Å². The van der Waals surface area contributed by atoms with Crippen LogP contribution in [-0.2, 0) is 9.59 Å². The number of benzene rings is 1. The van der Waals surface area contributed by atoms with Gasteiger partial charge in [-0.05, 0) is 37.1 Å². The zero-order chi connectivity index (χ0) is 14.5. The summed E-state index contributed by atoms with van der Waals surface area (Å²) in [6.45, 7) is 1.47. The topological polar surface area (TPSA) is 75.4 Å². The predicted octanol–water partition coefficient (Wildman–Crippen LogP) is 1.10. The van der Waals surface area contributed by atoms with Crippen LogP contribution in [0.15, 0.2) is 24.3 Å². The van der Waals surface area contributed by atoms with Crippen LogP contribution in [0.5, 0.6) is 0 Å². The van der Waals surface area contributed by atoms with Gasteiger partial charge in [-0.1, -0.05) is 0 Å². The first-order chi connectivity index (χ1) is 9.56. The molecule has 5 nitrogen and oxygen atoms in total. The summed E-state index contributed by atoms with van der Waals surface area (Å²) in [5, 5.41) is 2.87. The molecule has 108 valence electrons. The average molecular weight is 279 g/mol. The molecule has 1 aromatic carbocycles. The molecule has 1 aliphatic heterocycles. The lowest BCUT2D eigenvalue weighted by Gasteiger charge is -2.20. The van der Waals surface area contributed by atoms with Crippen molar-refractivity contribution < 1.29 is 14.0 Å². The van der Waals surface area contributed by atoms with E-state index >= 15 is 0 Å². The Morgan fingerprint density at radius 2 is 1.85 bits per heavy atom. The zero-order valence-electron chi connectivity index (χ0n) is 11.1. The van der Waals surface area contributed by atoms with Gasteiger partial charge in [-0.25, -0.2) is 4.39 Å². The van der Waals surface area contributed by atoms with Gasteiger partial charge in [-0.3, -0.25) is 9.59 Å². The molecule has 0 bridgehead atoms. The van der Waals surface area contributed by atoms with Crippen molar-refractivity contribution in [1.82, 2.24) is 4.90 Å². The molecule has 2 rings (SSSR count). The van der Waals surface area contributed by atoms with Crippen molar-refractivity contribution in [2.45, 2.75) is 25.3 Å². The Kier molecular flexibility index (Phi) is 4.55. The molecule has 0 radical (unpaired) electrons. The van der Waals surface area contributed by atoms with E-state index in [1.165, 1.54) is 24.3 Å². The number of halogens is 1. The summed E-state index contributed by atoms with van der Waals surface area (Å²) in [4.78, 5) is 25.2. The number of hydrogen-bond donors (Lipinski definition) is 2. The average Bonchev–Trinajstić information content (AvgIpc) is 2.94. The van der Waals surface area contributed by atoms with Crippen LogP contribution < -0.4 is 11.1 Å². The van der Waals surface area contributed by atoms with Crippen molar-refractivity contribution in [3.8, 4) is 0 Å². The lowest BCUT2D eigenvalue weighted by molar-refractivity contribution is -0.132. The maximum atomic E-state index is 12.8. The minimum Gasteiger partial charge on any atom is -0.373 e. The monoisotopic (exact) mass is 279 g/mol. The first-order valence-corrected chi connectivity index (χ1v) is 6.65. The number of amides is 2. The Bertz CT molecular complexity index is 484. The molecule has 20 heavy (non-hydrogen) atoms. The van der Waals surface area contributed by atoms with E-state index in [4.69, 9.17) is 5.73 Å². The number of carbonyl (C=O) groups excluding carboxylic acids is 2. The van der Waals surface area contributed by atoms with E-state index in [2.05, 4.69) is 5.32 Å². The molecule has 2 amide bonds. The van der Waals surface area contributed by atoms with E-state index < -0.39 is 11.9 Å². The number of nitrogens with zero attached hydrogens (tertiary/aromatic N) is 1. The quantitative estimate of drug-likeness (QED) is 0.847. The molecule has 3 N–H and O–H groups in total. The molecule has 0 spiro atoms. The number of primary amides is 1. The van der Waals surface area contributed by atoms with Gasteiger partial charge in [-0.15, -0.1) is 0 Å². The molecule has 0 aromatic heterocycles. The molecule has 1 saturated heterocycles. The standard InChI is InChI=1S/C14H18FN3O2/c15-10-3-5-11(6-4-10)17-12(14(16)20)9-13(19)18-7-1-2-8-18/h3-6,12,17H,1-2,7-9H2,(H2,16,20). The summed E-state index contributed by atoms with van der Waals surface area (Å²) >= 11 is 0. The lowest BCUT2D eigenvalue weighted by atomic mass is 10.1. The highest BCUT2D eigenvalue weighted by atomic mass is 19.1. The number of likely N-dealkylation sites (tertiary alicyclic amines) is 1. The summed E-state index contributed by atoms with van der Waals surface area (Å²) in [7, 11) is 0. The van der Waals surface area contributed by atoms with Gasteiger partial charge in [0.2, 0.25) is 11.8 Å². The van der Waals surface area contributed by atoms with Gasteiger partial charge >= 0.3 is 0 Å². The summed E-state index contributed by atoms with van der Waals surface area (Å²) in [5.74, 6) is -1.04. The zero-order valence-corrected chi connectivity index (χ0v) is 11.1. The van der Waals surface area contributed by atoms with Crippen LogP contribution in [0.25, 0.3) is 0 Å². The third-order valence-corrected chi connectivity index (χ3v) is 3.37. The number of nitrogens with two attached hydrogens (primary N) is 1. The van der Waals surface area contributed by atoms with E-state index in [0.717, 1.165) is 25.9 Å². The number of hydrogen-bond acceptors (Lipinski definition) is 3. The second kappa shape index (κ2) is 6.36. The van der Waals surface area contributed by atoms with Crippen molar-refractivity contribution >= 4 is 17.5 Å². The number of nitrogens with one attached hydrogen (secondary N) is 1. The van der Waals surface area contributed by atoms with Gasteiger partial charge in [0.05, 0.1) is 6.42 Å². The Hall–Kier alpha value is -2.11. The molecule has 1 atom stereocenters. The lowest BCUT2D eigenvalue weighted by Crippen LogP contribution is -2.41. The summed E-state index contributed by atoms with van der Waals surface area (Å²) in [5.41, 5.74) is 5.87. The molecule has 6 heteroatoms. The maximum Gasteiger partial charge on any atom is 0.240 e. The third kappa shape index (κ3) is 3.69. The van der Waals surface area contributed by atoms with Gasteiger partial charge < -0.3 is 16.0 Å². The molecule has 1 heterocycles. The van der Waals surface area contributed by atoms with E-state index in [9.17, 15) is 14.0 Å². The second-order valence-electron chi connectivity index (χ2n) is 4.90. The summed E-state index contributed by atoms with van der Waals surface area (Å²) < 4.78 is 12.8. The Morgan fingerprint density at radius 3 is 2.40 bits per heavy atom. The van der Waals surface area contributed by atoms with E-state index in [-0.39, 0.29) is 18.1 Å². The number of rotatable bonds is 5. The van der Waals surface area contributed by atoms with Crippen molar-refractivity contribution in [3.05, 3.63) is 30.1 Å². The molecule has 0 saturated carbocycles. The largest absolute Gasteiger partial charge is 0.373 e. The molecular weight excluding hydrogens is 261 g/mol. The van der Waals surface area contributed by atoms with Crippen molar-refractivity contribution in [2.24, 2.45) is 5.73 Å². The van der Waals surface area contributed by atoms with Crippen LogP contribution >= 0.6 is 0 Å². The SMILES string of the molecule is NC(=O)C(CC(=O)N1CCCC1)Nc1ccc(F)cc1. The van der Waals surface area contributed by atoms with Crippen LogP contribution in [0.2, 0.25) is 0 Å². The molecule has 1 aromatic rings. The normalized spacial score (nSPS) is 15.9. The van der Waals surface area contributed by atoms with Gasteiger partial charge in [0.25, 0.3) is 0 Å². The molecule has 1 fully saturated rings. The second-order valence-corrected chi connectivity index (χ2v) is 4.90. The summed E-state index contributed by atoms with van der Waals surface area (Å²) in [6, 6.07) is 4.79. The molecular formula is C14H18FN3O2. The van der Waals surface area contributed by atoms with E-state index in [1.54, 1.807) is 4.90 Å². The minimum absolute atomic E-state index is 0.0205. The predicted molar refractivity (Wildman–Crippen MR) is 73.4 cm³/mol. The van der Waals surface area contributed by atoms with Crippen LogP contribution in [0, 0.1) is 5.82 Å². The molecule has 1 unspecified atom stereocenters. The number of carbonyl (C=O) groups is 2. The maximum absolute atomic E-state index is 12.8. The fourth-order valence-corrected chi connectivity index (χ4v) is 2.24. The van der Waals surface area contributed by atoms with Gasteiger partial charge in [0, 0.05) is 18.8 Å². The van der Waals surface area contributed by atoms with Crippen LogP contribution in [0.1, 0.15) is 19.3 Å². The van der Waals surface area contributed by atoms with E-state index in [1.807, 2.05) is 0 Å². The highest BCUT2D eigenvalue weighted by Crippen LogP contribution is 2.14. The fourth-order valence-electron chi connectivity index (χ4n) is 2.24. The third-order valence-electron chi connectivity index (χ3n) is 3.37. The van der Waals surface area contributed by atoms with Crippen molar-refractivity contribution in [2.75, 3.05) is 18.4 Å². The van der Waals surface area contributed by atoms with E-state index in [0.29, 0.717) is 5.69 Å². The Balaban J connectivity index is 1.98. The smallest absolute Gasteiger partial charge is 0.240 e. The highest BCUT2D eigenvalue weighted by molar-refractivity contribution is 5.89. The molecule has 1 aliphatic rings. The van der Waals surface area contributed by atoms with Crippen LogP contribution in [0.4, 0.5) is 10.1 Å². The summed E-state index contributed by atoms with van der Waals surface area (Å²) in [6.07, 6.45) is 2.02. The van der Waals surface area contributed by atoms with Crippen LogP contribution in [0.3, 0.4) is 0 Å². The minimum atomic E-state index is -0.784. The van der Waals surface area contributed by atoms with Crippen LogP contribution in [-0.4, -0.2) is 35.8 Å². The first kappa shape index (κ1) is 14.3. The first-order valence-electron chi connectivity index (χ1n) is 6.65. The fraction of sp³-hybridized carbons (Fsp3) is 0.429. The number of anilines is 1. The molecule has 0 aliphatic carbocycles. The van der Waals surface area contributed by atoms with Gasteiger partial charge in [0.1, 0.15) is 11.9 Å². The van der Waals surface area contributed by atoms with Crippen molar-refractivity contribution in [3.63, 3.8) is 0 Å². The Morgan fingerprint density at radius 1 is 1.25 bits per heavy atom.